The standard InChI is InChI=1S/C15H18ClN3O/c1-2-17-9-14-3-5-19(18-14)10-12-8-13(16)7-11-4-6-20-15(11)12/h3,5,7-8,17H,2,4,6,9-10H2,1H3. The lowest BCUT2D eigenvalue weighted by molar-refractivity contribution is 0.352. The first kappa shape index (κ1) is 13.5. The molecule has 3 rings (SSSR count). The van der Waals surface area contributed by atoms with Gasteiger partial charge in [-0.25, -0.2) is 0 Å². The molecule has 2 heterocycles. The molecule has 1 N–H and O–H groups in total. The Kier molecular flexibility index (Phi) is 3.94. The smallest absolute Gasteiger partial charge is 0.127 e. The van der Waals surface area contributed by atoms with Gasteiger partial charge in [0.05, 0.1) is 18.8 Å². The Morgan fingerprint density at radius 1 is 1.45 bits per heavy atom. The number of fused-ring (bicyclic) bond motifs is 1. The lowest BCUT2D eigenvalue weighted by Crippen LogP contribution is -2.12. The molecule has 0 amide bonds. The van der Waals surface area contributed by atoms with Gasteiger partial charge in [-0.05, 0) is 30.3 Å². The fourth-order valence-corrected chi connectivity index (χ4v) is 2.74. The van der Waals surface area contributed by atoms with Crippen LogP contribution in [0.5, 0.6) is 5.75 Å². The molecule has 0 bridgehead atoms. The van der Waals surface area contributed by atoms with Gasteiger partial charge in [0.25, 0.3) is 0 Å². The highest BCUT2D eigenvalue weighted by Crippen LogP contribution is 2.33. The number of nitrogens with zero attached hydrogens (tertiary/aromatic N) is 2. The summed E-state index contributed by atoms with van der Waals surface area (Å²) in [6, 6.07) is 6.00. The molecule has 4 nitrogen and oxygen atoms in total. The van der Waals surface area contributed by atoms with Crippen molar-refractivity contribution in [1.29, 1.82) is 0 Å². The summed E-state index contributed by atoms with van der Waals surface area (Å²) >= 11 is 6.17. The summed E-state index contributed by atoms with van der Waals surface area (Å²) in [4.78, 5) is 0. The SMILES string of the molecule is CCNCc1ccn(Cc2cc(Cl)cc3c2OCC3)n1. The highest BCUT2D eigenvalue weighted by Gasteiger charge is 2.18. The summed E-state index contributed by atoms with van der Waals surface area (Å²) < 4.78 is 7.65. The van der Waals surface area contributed by atoms with Crippen LogP contribution < -0.4 is 10.1 Å². The maximum atomic E-state index is 6.17. The number of halogens is 1. The molecule has 0 saturated heterocycles. The van der Waals surface area contributed by atoms with Crippen LogP contribution in [0.4, 0.5) is 0 Å². The minimum Gasteiger partial charge on any atom is -0.493 e. The lowest BCUT2D eigenvalue weighted by atomic mass is 10.1. The quantitative estimate of drug-likeness (QED) is 0.920. The van der Waals surface area contributed by atoms with E-state index in [-0.39, 0.29) is 0 Å². The third-order valence-corrected chi connectivity index (χ3v) is 3.63. The van der Waals surface area contributed by atoms with Crippen molar-refractivity contribution in [2.24, 2.45) is 0 Å². The van der Waals surface area contributed by atoms with Crippen molar-refractivity contribution in [1.82, 2.24) is 15.1 Å². The van der Waals surface area contributed by atoms with E-state index in [0.717, 1.165) is 48.1 Å². The zero-order chi connectivity index (χ0) is 13.9. The number of hydrogen-bond donors (Lipinski definition) is 1. The van der Waals surface area contributed by atoms with Crippen LogP contribution in [0.3, 0.4) is 0 Å². The Balaban J connectivity index is 1.79. The molecular weight excluding hydrogens is 274 g/mol. The molecule has 0 fully saturated rings. The van der Waals surface area contributed by atoms with Gasteiger partial charge in [0.15, 0.2) is 0 Å². The van der Waals surface area contributed by atoms with Crippen LogP contribution in [-0.2, 0) is 19.5 Å². The molecule has 106 valence electrons. The summed E-state index contributed by atoms with van der Waals surface area (Å²) in [5.74, 6) is 0.984. The minimum absolute atomic E-state index is 0.690. The second-order valence-corrected chi connectivity index (χ2v) is 5.37. The number of rotatable bonds is 5. The van der Waals surface area contributed by atoms with Crippen molar-refractivity contribution in [2.75, 3.05) is 13.2 Å². The van der Waals surface area contributed by atoms with E-state index in [1.165, 1.54) is 5.56 Å². The second-order valence-electron chi connectivity index (χ2n) is 4.94. The highest BCUT2D eigenvalue weighted by molar-refractivity contribution is 6.30. The Hall–Kier alpha value is -1.52. The summed E-state index contributed by atoms with van der Waals surface area (Å²) in [6.45, 7) is 5.27. The monoisotopic (exact) mass is 291 g/mol. The van der Waals surface area contributed by atoms with E-state index in [2.05, 4.69) is 17.3 Å². The van der Waals surface area contributed by atoms with Crippen LogP contribution >= 0.6 is 11.6 Å². The molecule has 0 unspecified atom stereocenters. The molecule has 20 heavy (non-hydrogen) atoms. The molecule has 0 aliphatic carbocycles. The molecule has 1 aromatic carbocycles. The fraction of sp³-hybridized carbons (Fsp3) is 0.400. The van der Waals surface area contributed by atoms with Crippen molar-refractivity contribution in [3.8, 4) is 5.75 Å². The first-order valence-electron chi connectivity index (χ1n) is 6.93. The van der Waals surface area contributed by atoms with Gasteiger partial charge in [0, 0.05) is 29.7 Å². The number of benzene rings is 1. The fourth-order valence-electron chi connectivity index (χ4n) is 2.48. The summed E-state index contributed by atoms with van der Waals surface area (Å²) in [5.41, 5.74) is 3.35. The minimum atomic E-state index is 0.690. The van der Waals surface area contributed by atoms with Crippen molar-refractivity contribution < 1.29 is 4.74 Å². The Bertz CT molecular complexity index is 609. The third kappa shape index (κ3) is 2.81. The van der Waals surface area contributed by atoms with Crippen LogP contribution in [0, 0.1) is 0 Å². The van der Waals surface area contributed by atoms with Gasteiger partial charge in [-0.2, -0.15) is 5.10 Å². The Labute approximate surface area is 123 Å². The van der Waals surface area contributed by atoms with E-state index in [1.54, 1.807) is 0 Å². The van der Waals surface area contributed by atoms with Gasteiger partial charge < -0.3 is 10.1 Å². The van der Waals surface area contributed by atoms with Crippen molar-refractivity contribution in [3.63, 3.8) is 0 Å². The van der Waals surface area contributed by atoms with Crippen molar-refractivity contribution in [3.05, 3.63) is 46.2 Å². The van der Waals surface area contributed by atoms with Crippen LogP contribution in [-0.4, -0.2) is 22.9 Å². The van der Waals surface area contributed by atoms with E-state index in [0.29, 0.717) is 6.54 Å². The number of hydrogen-bond acceptors (Lipinski definition) is 3. The predicted octanol–water partition coefficient (Wildman–Crippen LogP) is 2.63. The van der Waals surface area contributed by atoms with Gasteiger partial charge in [0.1, 0.15) is 5.75 Å². The van der Waals surface area contributed by atoms with Crippen molar-refractivity contribution >= 4 is 11.6 Å². The third-order valence-electron chi connectivity index (χ3n) is 3.41. The summed E-state index contributed by atoms with van der Waals surface area (Å²) in [6.07, 6.45) is 2.93. The zero-order valence-corrected chi connectivity index (χ0v) is 12.3. The predicted molar refractivity (Wildman–Crippen MR) is 79.4 cm³/mol. The zero-order valence-electron chi connectivity index (χ0n) is 11.5. The van der Waals surface area contributed by atoms with E-state index in [1.807, 2.05) is 29.1 Å². The first-order valence-corrected chi connectivity index (χ1v) is 7.31. The maximum Gasteiger partial charge on any atom is 0.127 e. The van der Waals surface area contributed by atoms with Gasteiger partial charge in [-0.3, -0.25) is 4.68 Å². The summed E-state index contributed by atoms with van der Waals surface area (Å²) in [5, 5.41) is 8.59. The summed E-state index contributed by atoms with van der Waals surface area (Å²) in [7, 11) is 0. The van der Waals surface area contributed by atoms with Crippen LogP contribution in [0.2, 0.25) is 5.02 Å². The van der Waals surface area contributed by atoms with E-state index < -0.39 is 0 Å². The number of nitrogens with one attached hydrogen (secondary N) is 1. The highest BCUT2D eigenvalue weighted by atomic mass is 35.5. The lowest BCUT2D eigenvalue weighted by Gasteiger charge is -2.09. The molecule has 2 aromatic rings. The maximum absolute atomic E-state index is 6.17. The molecule has 1 aliphatic heterocycles. The average Bonchev–Trinajstić information content (AvgIpc) is 3.05. The van der Waals surface area contributed by atoms with Gasteiger partial charge >= 0.3 is 0 Å². The molecule has 0 spiro atoms. The van der Waals surface area contributed by atoms with Crippen LogP contribution in [0.25, 0.3) is 0 Å². The normalized spacial score (nSPS) is 13.3. The van der Waals surface area contributed by atoms with Gasteiger partial charge in [-0.1, -0.05) is 18.5 Å². The number of aromatic nitrogens is 2. The second kappa shape index (κ2) is 5.85. The van der Waals surface area contributed by atoms with E-state index >= 15 is 0 Å². The molecule has 1 aromatic heterocycles. The average molecular weight is 292 g/mol. The van der Waals surface area contributed by atoms with Crippen LogP contribution in [0.1, 0.15) is 23.7 Å². The molecule has 0 atom stereocenters. The Morgan fingerprint density at radius 2 is 2.35 bits per heavy atom. The number of ether oxygens (including phenoxy) is 1. The topological polar surface area (TPSA) is 39.1 Å². The van der Waals surface area contributed by atoms with E-state index in [4.69, 9.17) is 16.3 Å². The molecule has 5 heteroatoms. The van der Waals surface area contributed by atoms with Crippen LogP contribution in [0.15, 0.2) is 24.4 Å². The molecule has 1 aliphatic rings. The largest absolute Gasteiger partial charge is 0.493 e. The first-order chi connectivity index (χ1) is 9.76. The van der Waals surface area contributed by atoms with Gasteiger partial charge in [-0.15, -0.1) is 0 Å². The molecule has 0 saturated carbocycles. The van der Waals surface area contributed by atoms with E-state index in [9.17, 15) is 0 Å². The van der Waals surface area contributed by atoms with Crippen molar-refractivity contribution in [2.45, 2.75) is 26.4 Å². The Morgan fingerprint density at radius 3 is 3.20 bits per heavy atom. The van der Waals surface area contributed by atoms with Gasteiger partial charge in [0.2, 0.25) is 0 Å². The molecular formula is C15H18ClN3O. The molecule has 0 radical (unpaired) electrons.